The van der Waals surface area contributed by atoms with Crippen LogP contribution in [-0.2, 0) is 0 Å². The van der Waals surface area contributed by atoms with Crippen LogP contribution in [0.5, 0.6) is 0 Å². The molecule has 0 radical (unpaired) electrons. The first-order chi connectivity index (χ1) is 10.7. The van der Waals surface area contributed by atoms with E-state index >= 15 is 0 Å². The van der Waals surface area contributed by atoms with Gasteiger partial charge in [-0.2, -0.15) is 4.52 Å². The minimum Gasteiger partial charge on any atom is -0.459 e. The summed E-state index contributed by atoms with van der Waals surface area (Å²) in [5.74, 6) is 0.820. The number of para-hydroxylation sites is 1. The fraction of sp³-hybridized carbons (Fsp3) is 0.133. The minimum absolute atomic E-state index is 0.0661. The van der Waals surface area contributed by atoms with Crippen LogP contribution in [0, 0.1) is 0 Å². The van der Waals surface area contributed by atoms with Crippen LogP contribution in [-0.4, -0.2) is 14.6 Å². The Morgan fingerprint density at radius 3 is 3.00 bits per heavy atom. The topological polar surface area (TPSA) is 72.4 Å². The summed E-state index contributed by atoms with van der Waals surface area (Å²) in [7, 11) is 0. The first-order valence-electron chi connectivity index (χ1n) is 6.80. The van der Waals surface area contributed by atoms with Gasteiger partial charge in [-0.15, -0.1) is 5.10 Å². The second kappa shape index (κ2) is 4.96. The van der Waals surface area contributed by atoms with Gasteiger partial charge in [0.05, 0.1) is 6.04 Å². The monoisotopic (exact) mass is 312 g/mol. The maximum Gasteiger partial charge on any atom is 0.275 e. The van der Waals surface area contributed by atoms with Crippen LogP contribution < -0.4 is 10.9 Å². The van der Waals surface area contributed by atoms with E-state index in [9.17, 15) is 4.79 Å². The quantitative estimate of drug-likeness (QED) is 0.629. The zero-order valence-corrected chi connectivity index (χ0v) is 12.5. The SMILES string of the molecule is C[C@@H](Nc1nn2c(=O)ccnc2s1)c1cc2ccccc2o1. The standard InChI is InChI=1S/C15H12N4O2S/c1-9(12-8-10-4-2-3-5-11(10)21-12)17-14-18-19-13(20)6-7-16-15(19)22-14/h2-9H,1H3,(H,17,18)/t9-/m1/s1. The van der Waals surface area contributed by atoms with E-state index in [-0.39, 0.29) is 11.6 Å². The van der Waals surface area contributed by atoms with Gasteiger partial charge in [0.15, 0.2) is 0 Å². The van der Waals surface area contributed by atoms with Crippen LogP contribution in [0.3, 0.4) is 0 Å². The van der Waals surface area contributed by atoms with E-state index < -0.39 is 0 Å². The molecule has 6 nitrogen and oxygen atoms in total. The first-order valence-corrected chi connectivity index (χ1v) is 7.62. The van der Waals surface area contributed by atoms with Crippen molar-refractivity contribution in [1.29, 1.82) is 0 Å². The van der Waals surface area contributed by atoms with E-state index in [0.29, 0.717) is 10.1 Å². The van der Waals surface area contributed by atoms with Gasteiger partial charge in [-0.1, -0.05) is 29.5 Å². The molecule has 7 heteroatoms. The summed E-state index contributed by atoms with van der Waals surface area (Å²) < 4.78 is 7.12. The van der Waals surface area contributed by atoms with Crippen LogP contribution >= 0.6 is 11.3 Å². The van der Waals surface area contributed by atoms with Crippen LogP contribution in [0.15, 0.2) is 51.8 Å². The molecule has 3 heterocycles. The molecular formula is C15H12N4O2S. The highest BCUT2D eigenvalue weighted by molar-refractivity contribution is 7.20. The van der Waals surface area contributed by atoms with E-state index in [4.69, 9.17) is 4.42 Å². The molecule has 110 valence electrons. The van der Waals surface area contributed by atoms with E-state index in [1.165, 1.54) is 28.1 Å². The van der Waals surface area contributed by atoms with Crippen LogP contribution in [0.2, 0.25) is 0 Å². The van der Waals surface area contributed by atoms with Gasteiger partial charge in [0.1, 0.15) is 11.3 Å². The molecule has 0 saturated heterocycles. The molecule has 0 amide bonds. The lowest BCUT2D eigenvalue weighted by Gasteiger charge is -2.08. The zero-order chi connectivity index (χ0) is 15.1. The Morgan fingerprint density at radius 2 is 2.18 bits per heavy atom. The number of nitrogens with one attached hydrogen (secondary N) is 1. The molecule has 4 aromatic rings. The highest BCUT2D eigenvalue weighted by Gasteiger charge is 2.14. The van der Waals surface area contributed by atoms with Crippen molar-refractivity contribution in [2.45, 2.75) is 13.0 Å². The Kier molecular flexibility index (Phi) is 2.93. The van der Waals surface area contributed by atoms with Gasteiger partial charge >= 0.3 is 0 Å². The molecule has 0 bridgehead atoms. The molecule has 0 fully saturated rings. The number of anilines is 1. The molecule has 1 atom stereocenters. The van der Waals surface area contributed by atoms with Crippen molar-refractivity contribution in [3.05, 3.63) is 58.7 Å². The lowest BCUT2D eigenvalue weighted by molar-refractivity contribution is 0.526. The largest absolute Gasteiger partial charge is 0.459 e. The van der Waals surface area contributed by atoms with E-state index in [2.05, 4.69) is 15.4 Å². The van der Waals surface area contributed by atoms with Crippen molar-refractivity contribution >= 4 is 32.4 Å². The molecule has 0 aliphatic carbocycles. The van der Waals surface area contributed by atoms with E-state index in [1.54, 1.807) is 0 Å². The number of hydrogen-bond acceptors (Lipinski definition) is 6. The lowest BCUT2D eigenvalue weighted by Crippen LogP contribution is -2.13. The minimum atomic E-state index is -0.189. The lowest BCUT2D eigenvalue weighted by atomic mass is 10.2. The first kappa shape index (κ1) is 13.0. The highest BCUT2D eigenvalue weighted by atomic mass is 32.1. The van der Waals surface area contributed by atoms with Gasteiger partial charge in [-0.25, -0.2) is 4.98 Å². The average Bonchev–Trinajstić information content (AvgIpc) is 3.11. The molecule has 1 aromatic carbocycles. The molecule has 0 spiro atoms. The van der Waals surface area contributed by atoms with Crippen molar-refractivity contribution in [1.82, 2.24) is 14.6 Å². The summed E-state index contributed by atoms with van der Waals surface area (Å²) in [6, 6.07) is 11.2. The molecule has 22 heavy (non-hydrogen) atoms. The second-order valence-electron chi connectivity index (χ2n) is 4.94. The Labute approximate surface area is 129 Å². The second-order valence-corrected chi connectivity index (χ2v) is 5.89. The molecule has 1 N–H and O–H groups in total. The Balaban J connectivity index is 1.66. The van der Waals surface area contributed by atoms with Crippen molar-refractivity contribution in [2.24, 2.45) is 0 Å². The summed E-state index contributed by atoms with van der Waals surface area (Å²) in [6.07, 6.45) is 1.49. The number of nitrogens with zero attached hydrogens (tertiary/aromatic N) is 3. The number of rotatable bonds is 3. The fourth-order valence-electron chi connectivity index (χ4n) is 2.27. The normalized spacial score (nSPS) is 12.8. The summed E-state index contributed by atoms with van der Waals surface area (Å²) in [5.41, 5.74) is 0.666. The van der Waals surface area contributed by atoms with Crippen LogP contribution in [0.25, 0.3) is 15.9 Å². The van der Waals surface area contributed by atoms with Crippen LogP contribution in [0.4, 0.5) is 5.13 Å². The molecule has 0 aliphatic rings. The number of aromatic nitrogens is 3. The van der Waals surface area contributed by atoms with Crippen molar-refractivity contribution < 1.29 is 4.42 Å². The number of benzene rings is 1. The number of furan rings is 1. The Bertz CT molecular complexity index is 984. The molecular weight excluding hydrogens is 300 g/mol. The van der Waals surface area contributed by atoms with Crippen LogP contribution in [0.1, 0.15) is 18.7 Å². The fourth-order valence-corrected chi connectivity index (χ4v) is 3.14. The summed E-state index contributed by atoms with van der Waals surface area (Å²) in [6.45, 7) is 1.99. The molecule has 0 saturated carbocycles. The molecule has 3 aromatic heterocycles. The van der Waals surface area contributed by atoms with Crippen molar-refractivity contribution in [2.75, 3.05) is 5.32 Å². The van der Waals surface area contributed by atoms with E-state index in [1.807, 2.05) is 37.3 Å². The van der Waals surface area contributed by atoms with Gasteiger partial charge < -0.3 is 9.73 Å². The zero-order valence-electron chi connectivity index (χ0n) is 11.7. The summed E-state index contributed by atoms with van der Waals surface area (Å²) in [5, 5.41) is 9.18. The van der Waals surface area contributed by atoms with Gasteiger partial charge in [0.25, 0.3) is 5.56 Å². The third-order valence-electron chi connectivity index (χ3n) is 3.38. The highest BCUT2D eigenvalue weighted by Crippen LogP contribution is 2.27. The Morgan fingerprint density at radius 1 is 1.32 bits per heavy atom. The summed E-state index contributed by atoms with van der Waals surface area (Å²) >= 11 is 1.33. The maximum absolute atomic E-state index is 11.7. The summed E-state index contributed by atoms with van der Waals surface area (Å²) in [4.78, 5) is 16.4. The predicted molar refractivity (Wildman–Crippen MR) is 85.4 cm³/mol. The predicted octanol–water partition coefficient (Wildman–Crippen LogP) is 3.07. The third-order valence-corrected chi connectivity index (χ3v) is 4.24. The van der Waals surface area contributed by atoms with Gasteiger partial charge in [0.2, 0.25) is 10.1 Å². The van der Waals surface area contributed by atoms with Gasteiger partial charge in [0, 0.05) is 17.6 Å². The average molecular weight is 312 g/mol. The Hall–Kier alpha value is -2.67. The van der Waals surface area contributed by atoms with E-state index in [0.717, 1.165) is 16.7 Å². The molecule has 0 aliphatic heterocycles. The van der Waals surface area contributed by atoms with Gasteiger partial charge in [-0.05, 0) is 19.1 Å². The van der Waals surface area contributed by atoms with Crippen molar-refractivity contribution in [3.63, 3.8) is 0 Å². The maximum atomic E-state index is 11.7. The number of hydrogen-bond donors (Lipinski definition) is 1. The van der Waals surface area contributed by atoms with Crippen molar-refractivity contribution in [3.8, 4) is 0 Å². The molecule has 4 rings (SSSR count). The third kappa shape index (κ3) is 2.15. The number of fused-ring (bicyclic) bond motifs is 2. The van der Waals surface area contributed by atoms with Gasteiger partial charge in [-0.3, -0.25) is 4.79 Å². The molecule has 0 unspecified atom stereocenters. The smallest absolute Gasteiger partial charge is 0.275 e.